The monoisotopic (exact) mass is 245 g/mol. The van der Waals surface area contributed by atoms with E-state index in [-0.39, 0.29) is 11.8 Å². The van der Waals surface area contributed by atoms with E-state index in [9.17, 15) is 9.59 Å². The van der Waals surface area contributed by atoms with Crippen molar-refractivity contribution in [2.24, 2.45) is 5.92 Å². The van der Waals surface area contributed by atoms with Crippen LogP contribution in [-0.2, 0) is 9.59 Å². The Morgan fingerprint density at radius 1 is 1.31 bits per heavy atom. The lowest BCUT2D eigenvalue weighted by molar-refractivity contribution is -0.142. The predicted molar refractivity (Wildman–Crippen MR) is 64.6 cm³/mol. The molecule has 16 heavy (non-hydrogen) atoms. The first kappa shape index (κ1) is 13.4. The molecule has 0 saturated carbocycles. The quantitative estimate of drug-likeness (QED) is 0.645. The van der Waals surface area contributed by atoms with Gasteiger partial charge in [-0.1, -0.05) is 25.7 Å². The summed E-state index contributed by atoms with van der Waals surface area (Å²) in [4.78, 5) is 22.7. The van der Waals surface area contributed by atoms with E-state index in [4.69, 9.17) is 5.11 Å². The van der Waals surface area contributed by atoms with Crippen LogP contribution < -0.4 is 5.32 Å². The fourth-order valence-electron chi connectivity index (χ4n) is 1.94. The highest BCUT2D eigenvalue weighted by atomic mass is 32.1. The number of hydrogen-bond donors (Lipinski definition) is 3. The van der Waals surface area contributed by atoms with Gasteiger partial charge < -0.3 is 10.4 Å². The van der Waals surface area contributed by atoms with Gasteiger partial charge in [0.2, 0.25) is 5.91 Å². The number of thiol groups is 1. The van der Waals surface area contributed by atoms with Crippen LogP contribution in [0.15, 0.2) is 0 Å². The van der Waals surface area contributed by atoms with Gasteiger partial charge in [0.05, 0.1) is 0 Å². The molecule has 0 aromatic rings. The highest BCUT2D eigenvalue weighted by molar-refractivity contribution is 7.80. The number of carboxylic acid groups (broad SMARTS) is 1. The van der Waals surface area contributed by atoms with Gasteiger partial charge in [0.1, 0.15) is 6.04 Å². The summed E-state index contributed by atoms with van der Waals surface area (Å²) >= 11 is 4.14. The Morgan fingerprint density at radius 2 is 1.94 bits per heavy atom. The van der Waals surface area contributed by atoms with Gasteiger partial charge in [0, 0.05) is 11.7 Å². The molecule has 92 valence electrons. The van der Waals surface area contributed by atoms with Gasteiger partial charge in [-0.15, -0.1) is 0 Å². The van der Waals surface area contributed by atoms with Crippen molar-refractivity contribution in [1.82, 2.24) is 5.32 Å². The number of amides is 1. The van der Waals surface area contributed by atoms with E-state index in [0.29, 0.717) is 12.2 Å². The van der Waals surface area contributed by atoms with Gasteiger partial charge in [-0.25, -0.2) is 4.79 Å². The first-order valence-electron chi connectivity index (χ1n) is 5.79. The van der Waals surface area contributed by atoms with E-state index < -0.39 is 12.0 Å². The maximum atomic E-state index is 11.8. The predicted octanol–water partition coefficient (Wildman–Crippen LogP) is 1.46. The third-order valence-corrected chi connectivity index (χ3v) is 3.44. The van der Waals surface area contributed by atoms with Crippen LogP contribution in [0.1, 0.15) is 38.5 Å². The Morgan fingerprint density at radius 3 is 2.50 bits per heavy atom. The van der Waals surface area contributed by atoms with E-state index in [2.05, 4.69) is 17.9 Å². The first-order valence-corrected chi connectivity index (χ1v) is 6.42. The van der Waals surface area contributed by atoms with E-state index in [1.165, 1.54) is 0 Å². The second-order valence-electron chi connectivity index (χ2n) is 4.27. The van der Waals surface area contributed by atoms with Crippen molar-refractivity contribution in [2.75, 3.05) is 5.75 Å². The molecular formula is C11H19NO3S. The minimum Gasteiger partial charge on any atom is -0.480 e. The van der Waals surface area contributed by atoms with Crippen molar-refractivity contribution in [2.45, 2.75) is 44.6 Å². The lowest BCUT2D eigenvalue weighted by atomic mass is 9.97. The molecule has 0 spiro atoms. The smallest absolute Gasteiger partial charge is 0.326 e. The normalized spacial score (nSPS) is 28.2. The molecule has 0 aromatic heterocycles. The summed E-state index contributed by atoms with van der Waals surface area (Å²) in [6.45, 7) is 0. The van der Waals surface area contributed by atoms with E-state index >= 15 is 0 Å². The van der Waals surface area contributed by atoms with E-state index in [1.807, 2.05) is 0 Å². The molecular weight excluding hydrogens is 226 g/mol. The lowest BCUT2D eigenvalue weighted by Gasteiger charge is -2.20. The summed E-state index contributed by atoms with van der Waals surface area (Å²) in [5.41, 5.74) is 0. The molecule has 5 heteroatoms. The number of nitrogens with one attached hydrogen (secondary N) is 1. The van der Waals surface area contributed by atoms with Crippen LogP contribution >= 0.6 is 12.6 Å². The fourth-order valence-corrected chi connectivity index (χ4v) is 2.29. The van der Waals surface area contributed by atoms with Gasteiger partial charge in [0.15, 0.2) is 0 Å². The highest BCUT2D eigenvalue weighted by Gasteiger charge is 2.24. The number of aliphatic carboxylic acids is 1. The Bertz CT molecular complexity index is 258. The molecule has 1 rings (SSSR count). The van der Waals surface area contributed by atoms with Crippen molar-refractivity contribution >= 4 is 24.5 Å². The first-order chi connectivity index (χ1) is 7.65. The van der Waals surface area contributed by atoms with Crippen molar-refractivity contribution in [1.29, 1.82) is 0 Å². The second-order valence-corrected chi connectivity index (χ2v) is 4.64. The van der Waals surface area contributed by atoms with Crippen molar-refractivity contribution in [3.05, 3.63) is 0 Å². The fraction of sp³-hybridized carbons (Fsp3) is 0.818. The molecule has 0 radical (unpaired) electrons. The maximum absolute atomic E-state index is 11.8. The van der Waals surface area contributed by atoms with Crippen LogP contribution in [-0.4, -0.2) is 28.8 Å². The Balaban J connectivity index is 2.63. The van der Waals surface area contributed by atoms with E-state index in [1.54, 1.807) is 0 Å². The summed E-state index contributed by atoms with van der Waals surface area (Å²) < 4.78 is 0. The zero-order chi connectivity index (χ0) is 12.0. The number of rotatable bonds is 2. The standard InChI is InChI=1S/C11H19NO3S/c13-10-8(7-16)5-3-1-2-4-6-9(12-10)11(14)15/h8-9,16H,1-7H2,(H,12,13)(H,14,15)/t8-,9-/m0/s1. The second kappa shape index (κ2) is 6.78. The molecule has 1 fully saturated rings. The summed E-state index contributed by atoms with van der Waals surface area (Å²) in [6.07, 6.45) is 5.34. The van der Waals surface area contributed by atoms with Gasteiger partial charge in [0.25, 0.3) is 0 Å². The summed E-state index contributed by atoms with van der Waals surface area (Å²) in [5.74, 6) is -0.766. The molecule has 1 aliphatic heterocycles. The molecule has 0 aromatic carbocycles. The third-order valence-electron chi connectivity index (χ3n) is 3.00. The average molecular weight is 245 g/mol. The largest absolute Gasteiger partial charge is 0.480 e. The number of hydrogen-bond acceptors (Lipinski definition) is 3. The molecule has 4 nitrogen and oxygen atoms in total. The summed E-state index contributed by atoms with van der Waals surface area (Å²) in [6, 6.07) is -0.729. The van der Waals surface area contributed by atoms with Gasteiger partial charge in [-0.05, 0) is 12.8 Å². The molecule has 0 aliphatic carbocycles. The van der Waals surface area contributed by atoms with Crippen molar-refractivity contribution in [3.63, 3.8) is 0 Å². The van der Waals surface area contributed by atoms with Crippen LogP contribution in [0.4, 0.5) is 0 Å². The van der Waals surface area contributed by atoms with Gasteiger partial charge in [-0.2, -0.15) is 12.6 Å². The minimum absolute atomic E-state index is 0.150. The number of carbonyl (C=O) groups excluding carboxylic acids is 1. The lowest BCUT2D eigenvalue weighted by Crippen LogP contribution is -2.44. The SMILES string of the molecule is O=C1N[C@H](C(=O)O)CCCCCC[C@H]1CS. The number of carbonyl (C=O) groups is 2. The molecule has 1 aliphatic rings. The summed E-state index contributed by atoms with van der Waals surface area (Å²) in [7, 11) is 0. The third kappa shape index (κ3) is 4.04. The molecule has 2 N–H and O–H groups in total. The number of carboxylic acids is 1. The van der Waals surface area contributed by atoms with Crippen LogP contribution in [0, 0.1) is 5.92 Å². The Kier molecular flexibility index (Phi) is 5.66. The Hall–Kier alpha value is -0.710. The van der Waals surface area contributed by atoms with Crippen LogP contribution in [0.25, 0.3) is 0 Å². The van der Waals surface area contributed by atoms with Crippen molar-refractivity contribution in [3.8, 4) is 0 Å². The molecule has 1 heterocycles. The summed E-state index contributed by atoms with van der Waals surface area (Å²) in [5, 5.41) is 11.6. The molecule has 1 amide bonds. The topological polar surface area (TPSA) is 66.4 Å². The van der Waals surface area contributed by atoms with Crippen LogP contribution in [0.2, 0.25) is 0 Å². The molecule has 0 bridgehead atoms. The zero-order valence-corrected chi connectivity index (χ0v) is 10.2. The van der Waals surface area contributed by atoms with Crippen LogP contribution in [0.5, 0.6) is 0 Å². The van der Waals surface area contributed by atoms with Crippen LogP contribution in [0.3, 0.4) is 0 Å². The van der Waals surface area contributed by atoms with Crippen molar-refractivity contribution < 1.29 is 14.7 Å². The zero-order valence-electron chi connectivity index (χ0n) is 9.32. The molecule has 0 unspecified atom stereocenters. The van der Waals surface area contributed by atoms with E-state index in [0.717, 1.165) is 32.1 Å². The highest BCUT2D eigenvalue weighted by Crippen LogP contribution is 2.16. The average Bonchev–Trinajstić information content (AvgIpc) is 2.26. The molecule has 2 atom stereocenters. The van der Waals surface area contributed by atoms with Gasteiger partial charge >= 0.3 is 5.97 Å². The van der Waals surface area contributed by atoms with Gasteiger partial charge in [-0.3, -0.25) is 4.79 Å². The maximum Gasteiger partial charge on any atom is 0.326 e. The minimum atomic E-state index is -0.938. The Labute approximate surface area is 101 Å². The molecule has 1 saturated heterocycles.